The Morgan fingerprint density at radius 1 is 1.17 bits per heavy atom. The fraction of sp³-hybridized carbons (Fsp3) is 0.562. The van der Waals surface area contributed by atoms with E-state index in [4.69, 9.17) is 5.11 Å². The lowest BCUT2D eigenvalue weighted by Crippen LogP contribution is -2.23. The van der Waals surface area contributed by atoms with Crippen molar-refractivity contribution < 1.29 is 9.90 Å². The zero-order chi connectivity index (χ0) is 14.3. The predicted molar refractivity (Wildman–Crippen MR) is 76.8 cm³/mol. The van der Waals surface area contributed by atoms with Gasteiger partial charge in [-0.15, -0.1) is 0 Å². The molecule has 0 heterocycles. The number of phenolic OH excluding ortho intramolecular Hbond substituents is 1. The molecule has 0 aromatic heterocycles. The van der Waals surface area contributed by atoms with Crippen molar-refractivity contribution in [1.82, 2.24) is 0 Å². The summed E-state index contributed by atoms with van der Waals surface area (Å²) in [6.07, 6.45) is 0.711. The van der Waals surface area contributed by atoms with Crippen LogP contribution in [0.2, 0.25) is 0 Å². The fourth-order valence-corrected chi connectivity index (χ4v) is 1.25. The summed E-state index contributed by atoms with van der Waals surface area (Å²) in [5.74, 6) is 1.28. The smallest absolute Gasteiger partial charge is 0.135 e. The summed E-state index contributed by atoms with van der Waals surface area (Å²) in [7, 11) is 0. The van der Waals surface area contributed by atoms with E-state index in [1.54, 1.807) is 19.1 Å². The highest BCUT2D eigenvalue weighted by Gasteiger charge is 2.23. The first-order valence-corrected chi connectivity index (χ1v) is 6.44. The predicted octanol–water partition coefficient (Wildman–Crippen LogP) is 4.21. The Bertz CT molecular complexity index is 358. The quantitative estimate of drug-likeness (QED) is 0.872. The van der Waals surface area contributed by atoms with E-state index in [1.807, 2.05) is 26.0 Å². The average Bonchev–Trinajstić information content (AvgIpc) is 2.20. The molecule has 0 spiro atoms. The molecule has 0 aliphatic carbocycles. The van der Waals surface area contributed by atoms with Crippen molar-refractivity contribution in [2.24, 2.45) is 11.3 Å². The Labute approximate surface area is 111 Å². The molecule has 0 fully saturated rings. The largest absolute Gasteiger partial charge is 0.508 e. The number of rotatable bonds is 3. The van der Waals surface area contributed by atoms with Gasteiger partial charge in [0.25, 0.3) is 0 Å². The summed E-state index contributed by atoms with van der Waals surface area (Å²) < 4.78 is 0. The van der Waals surface area contributed by atoms with Crippen LogP contribution in [0.4, 0.5) is 0 Å². The minimum atomic E-state index is -0.322. The van der Waals surface area contributed by atoms with Gasteiger partial charge in [0.1, 0.15) is 11.5 Å². The maximum Gasteiger partial charge on any atom is 0.135 e. The van der Waals surface area contributed by atoms with Crippen LogP contribution in [-0.4, -0.2) is 10.9 Å². The van der Waals surface area contributed by atoms with E-state index in [-0.39, 0.29) is 16.9 Å². The van der Waals surface area contributed by atoms with Gasteiger partial charge >= 0.3 is 0 Å². The van der Waals surface area contributed by atoms with Crippen molar-refractivity contribution in [2.45, 2.75) is 48.0 Å². The second kappa shape index (κ2) is 7.20. The molecule has 0 saturated carbocycles. The van der Waals surface area contributed by atoms with E-state index in [2.05, 4.69) is 20.8 Å². The number of carbonyl (C=O) groups is 1. The zero-order valence-electron chi connectivity index (χ0n) is 12.4. The van der Waals surface area contributed by atoms with Gasteiger partial charge in [0.2, 0.25) is 0 Å². The summed E-state index contributed by atoms with van der Waals surface area (Å²) in [6, 6.07) is 6.98. The molecule has 1 N–H and O–H groups in total. The molecule has 2 nitrogen and oxygen atoms in total. The van der Waals surface area contributed by atoms with Gasteiger partial charge in [-0.25, -0.2) is 0 Å². The van der Waals surface area contributed by atoms with Crippen LogP contribution in [0.3, 0.4) is 0 Å². The van der Waals surface area contributed by atoms with Gasteiger partial charge in [0, 0.05) is 5.41 Å². The van der Waals surface area contributed by atoms with Crippen LogP contribution >= 0.6 is 0 Å². The Kier molecular flexibility index (Phi) is 6.67. The van der Waals surface area contributed by atoms with E-state index in [0.29, 0.717) is 6.42 Å². The molecule has 0 bridgehead atoms. The standard InChI is InChI=1S/C12H16O2.C4H10/c1-9(13)12(2,3)8-10-4-6-11(14)7-5-10;1-4(2)3/h4-7,14H,8H2,1-3H3;4H,1-3H3. The molecule has 1 aromatic rings. The summed E-state index contributed by atoms with van der Waals surface area (Å²) in [5.41, 5.74) is 0.750. The molecule has 18 heavy (non-hydrogen) atoms. The first kappa shape index (κ1) is 16.7. The highest BCUT2D eigenvalue weighted by Crippen LogP contribution is 2.23. The van der Waals surface area contributed by atoms with Crippen LogP contribution in [0.15, 0.2) is 24.3 Å². The average molecular weight is 250 g/mol. The topological polar surface area (TPSA) is 37.3 Å². The van der Waals surface area contributed by atoms with Gasteiger partial charge in [-0.3, -0.25) is 4.79 Å². The van der Waals surface area contributed by atoms with E-state index in [9.17, 15) is 4.79 Å². The van der Waals surface area contributed by atoms with Gasteiger partial charge < -0.3 is 5.11 Å². The summed E-state index contributed by atoms with van der Waals surface area (Å²) in [5, 5.41) is 9.10. The molecule has 0 unspecified atom stereocenters. The molecule has 0 atom stereocenters. The summed E-state index contributed by atoms with van der Waals surface area (Å²) in [6.45, 7) is 12.0. The van der Waals surface area contributed by atoms with E-state index < -0.39 is 0 Å². The Hall–Kier alpha value is -1.31. The number of benzene rings is 1. The van der Waals surface area contributed by atoms with Crippen molar-refractivity contribution >= 4 is 5.78 Å². The van der Waals surface area contributed by atoms with Gasteiger partial charge in [-0.05, 0) is 37.0 Å². The second-order valence-corrected chi connectivity index (χ2v) is 6.02. The molecule has 0 amide bonds. The molecular formula is C16H26O2. The van der Waals surface area contributed by atoms with E-state index in [0.717, 1.165) is 11.5 Å². The minimum absolute atomic E-state index is 0.186. The lowest BCUT2D eigenvalue weighted by Gasteiger charge is -2.20. The van der Waals surface area contributed by atoms with Crippen LogP contribution in [0, 0.1) is 11.3 Å². The molecule has 0 aliphatic heterocycles. The van der Waals surface area contributed by atoms with Gasteiger partial charge in [0.15, 0.2) is 0 Å². The highest BCUT2D eigenvalue weighted by molar-refractivity contribution is 5.81. The molecule has 0 aliphatic rings. The van der Waals surface area contributed by atoms with Crippen LogP contribution in [0.1, 0.15) is 47.1 Å². The monoisotopic (exact) mass is 250 g/mol. The molecule has 1 rings (SSSR count). The maximum absolute atomic E-state index is 11.3. The van der Waals surface area contributed by atoms with Gasteiger partial charge in [0.05, 0.1) is 0 Å². The Balaban J connectivity index is 0.000000631. The van der Waals surface area contributed by atoms with Crippen molar-refractivity contribution in [3.05, 3.63) is 29.8 Å². The van der Waals surface area contributed by atoms with Crippen LogP contribution < -0.4 is 0 Å². The number of hydrogen-bond donors (Lipinski definition) is 1. The number of Topliss-reactive ketones (excluding diaryl/α,β-unsaturated/α-hetero) is 1. The second-order valence-electron chi connectivity index (χ2n) is 6.02. The normalized spacial score (nSPS) is 10.8. The third-order valence-corrected chi connectivity index (χ3v) is 2.54. The Morgan fingerprint density at radius 2 is 1.56 bits per heavy atom. The van der Waals surface area contributed by atoms with Crippen molar-refractivity contribution in [3.8, 4) is 5.75 Å². The fourth-order valence-electron chi connectivity index (χ4n) is 1.25. The van der Waals surface area contributed by atoms with Crippen molar-refractivity contribution in [2.75, 3.05) is 0 Å². The lowest BCUT2D eigenvalue weighted by molar-refractivity contribution is -0.124. The van der Waals surface area contributed by atoms with Crippen molar-refractivity contribution in [3.63, 3.8) is 0 Å². The number of phenols is 1. The third-order valence-electron chi connectivity index (χ3n) is 2.54. The first-order chi connectivity index (χ1) is 8.15. The van der Waals surface area contributed by atoms with Crippen LogP contribution in [0.5, 0.6) is 5.75 Å². The SMILES string of the molecule is CC(=O)C(C)(C)Cc1ccc(O)cc1.CC(C)C. The van der Waals surface area contributed by atoms with Gasteiger partial charge in [-0.2, -0.15) is 0 Å². The summed E-state index contributed by atoms with van der Waals surface area (Å²) >= 11 is 0. The Morgan fingerprint density at radius 3 is 1.89 bits per heavy atom. The van der Waals surface area contributed by atoms with Crippen molar-refractivity contribution in [1.29, 1.82) is 0 Å². The van der Waals surface area contributed by atoms with Crippen LogP contribution in [-0.2, 0) is 11.2 Å². The maximum atomic E-state index is 11.3. The van der Waals surface area contributed by atoms with E-state index >= 15 is 0 Å². The molecular weight excluding hydrogens is 224 g/mol. The lowest BCUT2D eigenvalue weighted by atomic mass is 9.82. The minimum Gasteiger partial charge on any atom is -0.508 e. The van der Waals surface area contributed by atoms with E-state index in [1.165, 1.54) is 0 Å². The molecule has 2 heteroatoms. The molecule has 102 valence electrons. The highest BCUT2D eigenvalue weighted by atomic mass is 16.3. The van der Waals surface area contributed by atoms with Crippen LogP contribution in [0.25, 0.3) is 0 Å². The molecule has 0 saturated heterocycles. The number of carbonyl (C=O) groups excluding carboxylic acids is 1. The molecule has 1 aromatic carbocycles. The molecule has 0 radical (unpaired) electrons. The third kappa shape index (κ3) is 7.10. The number of aromatic hydroxyl groups is 1. The first-order valence-electron chi connectivity index (χ1n) is 6.44. The number of hydrogen-bond acceptors (Lipinski definition) is 2. The zero-order valence-corrected chi connectivity index (χ0v) is 12.4. The van der Waals surface area contributed by atoms with Gasteiger partial charge in [-0.1, -0.05) is 46.8 Å². The number of ketones is 1. The summed E-state index contributed by atoms with van der Waals surface area (Å²) in [4.78, 5) is 11.3.